The van der Waals surface area contributed by atoms with Crippen molar-refractivity contribution in [2.45, 2.75) is 50.2 Å². The first kappa shape index (κ1) is 32.8. The number of carbonyl (C=O) groups excluding carboxylic acids is 1. The Kier molecular flexibility index (Phi) is 9.60. The van der Waals surface area contributed by atoms with E-state index in [-0.39, 0.29) is 47.1 Å². The van der Waals surface area contributed by atoms with Crippen molar-refractivity contribution in [2.24, 2.45) is 5.73 Å². The maximum Gasteiger partial charge on any atom is 0.422 e. The lowest BCUT2D eigenvalue weighted by Crippen LogP contribution is -2.44. The molecule has 3 aromatic rings. The summed E-state index contributed by atoms with van der Waals surface area (Å²) in [5.74, 6) is -0.430. The number of benzene rings is 2. The number of rotatable bonds is 11. The van der Waals surface area contributed by atoms with Crippen LogP contribution in [0.15, 0.2) is 54.6 Å². The Morgan fingerprint density at radius 1 is 0.929 bits per heavy atom. The van der Waals surface area contributed by atoms with Crippen LogP contribution in [-0.4, -0.2) is 47.5 Å². The average Bonchev–Trinajstić information content (AvgIpc) is 2.92. The molecule has 0 saturated heterocycles. The molecule has 0 aliphatic rings. The number of nitrogens with zero attached hydrogens (tertiary/aromatic N) is 1. The fraction of sp³-hybridized carbons (Fsp3) is 0.379. The van der Waals surface area contributed by atoms with Gasteiger partial charge in [0, 0.05) is 23.1 Å². The smallest absolute Gasteiger partial charge is 0.422 e. The van der Waals surface area contributed by atoms with Crippen LogP contribution in [0.25, 0.3) is 11.3 Å². The summed E-state index contributed by atoms with van der Waals surface area (Å²) in [7, 11) is 1.30. The number of halogens is 6. The molecule has 0 aliphatic heterocycles. The minimum absolute atomic E-state index is 0.0111. The molecule has 0 saturated carbocycles. The zero-order valence-corrected chi connectivity index (χ0v) is 22.9. The topological polar surface area (TPSA) is 115 Å². The molecule has 4 N–H and O–H groups in total. The van der Waals surface area contributed by atoms with Gasteiger partial charge in [0.1, 0.15) is 6.61 Å². The first-order valence-electron chi connectivity index (χ1n) is 12.6. The van der Waals surface area contributed by atoms with Crippen molar-refractivity contribution in [2.75, 3.05) is 20.3 Å². The largest absolute Gasteiger partial charge is 0.493 e. The summed E-state index contributed by atoms with van der Waals surface area (Å²) in [5.41, 5.74) is -0.487. The fourth-order valence-corrected chi connectivity index (χ4v) is 4.06. The lowest BCUT2D eigenvalue weighted by molar-refractivity contribution is -0.270. The molecule has 0 bridgehead atoms. The van der Waals surface area contributed by atoms with Crippen molar-refractivity contribution in [3.8, 4) is 22.8 Å². The number of pyridine rings is 1. The quantitative estimate of drug-likeness (QED) is 0.190. The summed E-state index contributed by atoms with van der Waals surface area (Å²) < 4.78 is 93.0. The van der Waals surface area contributed by atoms with Crippen molar-refractivity contribution < 1.29 is 50.8 Å². The third kappa shape index (κ3) is 7.39. The van der Waals surface area contributed by atoms with E-state index in [4.69, 9.17) is 20.3 Å². The Labute approximate surface area is 237 Å². The molecule has 2 aromatic carbocycles. The van der Waals surface area contributed by atoms with Gasteiger partial charge in [-0.05, 0) is 68.3 Å². The van der Waals surface area contributed by atoms with Gasteiger partial charge in [-0.3, -0.25) is 4.79 Å². The van der Waals surface area contributed by atoms with Gasteiger partial charge in [0.05, 0.1) is 30.7 Å². The van der Waals surface area contributed by atoms with Gasteiger partial charge >= 0.3 is 12.4 Å². The number of Topliss-reactive ketones (excluding diaryl/α,β-unsaturated/α-hetero) is 1. The normalized spacial score (nSPS) is 13.9. The Bertz CT molecular complexity index is 1400. The number of aliphatic hydroxyl groups excluding tert-OH is 1. The van der Waals surface area contributed by atoms with E-state index < -0.39 is 53.4 Å². The Balaban J connectivity index is 2.02. The predicted molar refractivity (Wildman–Crippen MR) is 141 cm³/mol. The van der Waals surface area contributed by atoms with Crippen LogP contribution in [0.5, 0.6) is 11.5 Å². The number of ketones is 1. The summed E-state index contributed by atoms with van der Waals surface area (Å²) in [6.45, 7) is 2.67. The Morgan fingerprint density at radius 2 is 1.57 bits per heavy atom. The van der Waals surface area contributed by atoms with Crippen LogP contribution >= 0.6 is 0 Å². The second-order valence-corrected chi connectivity index (χ2v) is 10.1. The highest BCUT2D eigenvalue weighted by Gasteiger charge is 2.56. The molecule has 1 atom stereocenters. The van der Waals surface area contributed by atoms with Crippen molar-refractivity contribution in [3.05, 3.63) is 77.0 Å². The molecule has 0 radical (unpaired) electrons. The van der Waals surface area contributed by atoms with Crippen LogP contribution < -0.4 is 15.2 Å². The maximum atomic E-state index is 14.5. The average molecular weight is 601 g/mol. The summed E-state index contributed by atoms with van der Waals surface area (Å²) in [6.07, 6.45) is -11.8. The number of carbonyl (C=O) groups is 1. The van der Waals surface area contributed by atoms with Gasteiger partial charge in [-0.1, -0.05) is 12.1 Å². The Morgan fingerprint density at radius 3 is 2.10 bits per heavy atom. The Hall–Kier alpha value is -3.68. The van der Waals surface area contributed by atoms with Gasteiger partial charge in [0.15, 0.2) is 17.3 Å². The minimum atomic E-state index is -5.30. The van der Waals surface area contributed by atoms with Gasteiger partial charge in [-0.25, -0.2) is 4.98 Å². The van der Waals surface area contributed by atoms with Gasteiger partial charge < -0.3 is 25.4 Å². The molecule has 1 heterocycles. The second-order valence-electron chi connectivity index (χ2n) is 10.1. The van der Waals surface area contributed by atoms with E-state index >= 15 is 0 Å². The molecule has 228 valence electrons. The molecule has 0 aliphatic carbocycles. The van der Waals surface area contributed by atoms with Crippen LogP contribution in [0.2, 0.25) is 0 Å². The van der Waals surface area contributed by atoms with Crippen LogP contribution in [0, 0.1) is 0 Å². The number of hydrogen-bond acceptors (Lipinski definition) is 7. The standard InChI is InChI=1S/C29H30F6N2O5/c1-26(2,36)20-15-21(17-4-7-19(8-5-17)28(30,31)32)37-25(16-20)27(40,29(33,34)35)11-10-22(39)18-6-9-23(42-13-12-38)24(14-18)41-3/h4-9,14-16,38,40H,10-13,36H2,1-3H3. The number of hydrogen-bond donors (Lipinski definition) is 3. The molecule has 1 unspecified atom stereocenters. The highest BCUT2D eigenvalue weighted by Crippen LogP contribution is 2.44. The summed E-state index contributed by atoms with van der Waals surface area (Å²) >= 11 is 0. The van der Waals surface area contributed by atoms with Crippen molar-refractivity contribution >= 4 is 5.78 Å². The maximum absolute atomic E-state index is 14.5. The molecule has 7 nitrogen and oxygen atoms in total. The van der Waals surface area contributed by atoms with E-state index in [2.05, 4.69) is 4.98 Å². The van der Waals surface area contributed by atoms with E-state index in [1.54, 1.807) is 0 Å². The minimum Gasteiger partial charge on any atom is -0.493 e. The SMILES string of the molecule is COc1cc(C(=O)CCC(O)(c2cc(C(C)(C)N)cc(-c3ccc(C(F)(F)F)cc3)n2)C(F)(F)F)ccc1OCCO. The van der Waals surface area contributed by atoms with Crippen LogP contribution in [0.1, 0.15) is 53.9 Å². The number of ether oxygens (including phenoxy) is 2. The van der Waals surface area contributed by atoms with Crippen molar-refractivity contribution in [1.82, 2.24) is 4.98 Å². The van der Waals surface area contributed by atoms with Crippen LogP contribution in [-0.2, 0) is 17.3 Å². The fourth-order valence-electron chi connectivity index (χ4n) is 4.06. The van der Waals surface area contributed by atoms with Gasteiger partial charge in [-0.15, -0.1) is 0 Å². The molecule has 42 heavy (non-hydrogen) atoms. The van der Waals surface area contributed by atoms with E-state index in [1.807, 2.05) is 0 Å². The molecule has 1 aromatic heterocycles. The summed E-state index contributed by atoms with van der Waals surface area (Å²) in [6, 6.07) is 9.88. The van der Waals surface area contributed by atoms with Crippen LogP contribution in [0.4, 0.5) is 26.3 Å². The highest BCUT2D eigenvalue weighted by atomic mass is 19.4. The monoisotopic (exact) mass is 600 g/mol. The van der Waals surface area contributed by atoms with E-state index in [9.17, 15) is 36.2 Å². The zero-order valence-electron chi connectivity index (χ0n) is 22.9. The molecular formula is C29H30F6N2O5. The summed E-state index contributed by atoms with van der Waals surface area (Å²) in [4.78, 5) is 16.9. The third-order valence-electron chi connectivity index (χ3n) is 6.52. The molecule has 0 fully saturated rings. The number of alkyl halides is 6. The van der Waals surface area contributed by atoms with E-state index in [0.717, 1.165) is 30.3 Å². The first-order valence-corrected chi connectivity index (χ1v) is 12.6. The third-order valence-corrected chi connectivity index (χ3v) is 6.52. The van der Waals surface area contributed by atoms with Gasteiger partial charge in [0.25, 0.3) is 0 Å². The highest BCUT2D eigenvalue weighted by molar-refractivity contribution is 5.96. The first-order chi connectivity index (χ1) is 19.4. The lowest BCUT2D eigenvalue weighted by Gasteiger charge is -2.32. The number of aliphatic hydroxyl groups is 2. The van der Waals surface area contributed by atoms with Gasteiger partial charge in [0.2, 0.25) is 5.60 Å². The van der Waals surface area contributed by atoms with Crippen molar-refractivity contribution in [3.63, 3.8) is 0 Å². The molecule has 0 amide bonds. The lowest BCUT2D eigenvalue weighted by atomic mass is 9.86. The van der Waals surface area contributed by atoms with E-state index in [0.29, 0.717) is 0 Å². The molecule has 3 rings (SSSR count). The molecular weight excluding hydrogens is 570 g/mol. The number of methoxy groups -OCH3 is 1. The van der Waals surface area contributed by atoms with Gasteiger partial charge in [-0.2, -0.15) is 26.3 Å². The zero-order chi connectivity index (χ0) is 31.5. The molecule has 0 spiro atoms. The second kappa shape index (κ2) is 12.3. The molecule has 13 heteroatoms. The number of nitrogens with two attached hydrogens (primary N) is 1. The predicted octanol–water partition coefficient (Wildman–Crippen LogP) is 5.75. The van der Waals surface area contributed by atoms with Crippen LogP contribution in [0.3, 0.4) is 0 Å². The number of aromatic nitrogens is 1. The van der Waals surface area contributed by atoms with E-state index in [1.165, 1.54) is 45.2 Å². The van der Waals surface area contributed by atoms with Crippen molar-refractivity contribution in [1.29, 1.82) is 0 Å². The summed E-state index contributed by atoms with van der Waals surface area (Å²) in [5, 5.41) is 20.0.